The van der Waals surface area contributed by atoms with E-state index in [1.165, 1.54) is 0 Å². The molecule has 38 valence electrons. The summed E-state index contributed by atoms with van der Waals surface area (Å²) >= 11 is 0. The van der Waals surface area contributed by atoms with Crippen LogP contribution in [0.2, 0.25) is 0 Å². The van der Waals surface area contributed by atoms with Gasteiger partial charge in [0.1, 0.15) is 0 Å². The summed E-state index contributed by atoms with van der Waals surface area (Å²) in [6, 6.07) is 0. The first-order chi connectivity index (χ1) is 1.89. The van der Waals surface area contributed by atoms with Gasteiger partial charge in [-0.2, -0.15) is 6.61 Å². The zero-order chi connectivity index (χ0) is 2.99. The van der Waals surface area contributed by atoms with Crippen LogP contribution in [-0.4, -0.2) is 6.10 Å². The quantitative estimate of drug-likeness (QED) is 0.469. The van der Waals surface area contributed by atoms with E-state index in [-0.39, 0.29) is 28.5 Å². The zero-order valence-electron chi connectivity index (χ0n) is 2.97. The molecule has 0 aromatic carbocycles. The molecule has 1 aliphatic heterocycles. The summed E-state index contributed by atoms with van der Waals surface area (Å²) in [5.41, 5.74) is 0. The monoisotopic (exact) mass is 257 g/mol. The van der Waals surface area contributed by atoms with Crippen molar-refractivity contribution in [2.75, 3.05) is 0 Å². The first-order valence-corrected chi connectivity index (χ1v) is 1.38. The predicted molar refractivity (Wildman–Crippen MR) is 21.6 cm³/mol. The van der Waals surface area contributed by atoms with Crippen molar-refractivity contribution in [3.8, 4) is 0 Å². The van der Waals surface area contributed by atoms with Crippen LogP contribution < -0.4 is 0 Å². The summed E-state index contributed by atoms with van der Waals surface area (Å²) in [5.74, 6) is 0. The fraction of sp³-hybridized carbons (Fsp3) is 0.750. The van der Waals surface area contributed by atoms with E-state index in [1.54, 1.807) is 6.61 Å². The summed E-state index contributed by atoms with van der Waals surface area (Å²) < 4.78 is 4.58. The minimum atomic E-state index is 0. The van der Waals surface area contributed by atoms with Gasteiger partial charge in [0, 0.05) is 21.1 Å². The van der Waals surface area contributed by atoms with Crippen LogP contribution in [0.15, 0.2) is 0 Å². The van der Waals surface area contributed by atoms with Crippen LogP contribution >= 0.6 is 0 Å². The van der Waals surface area contributed by atoms with E-state index >= 15 is 0 Å². The van der Waals surface area contributed by atoms with Gasteiger partial charge < -0.3 is 4.74 Å². The number of hydrogen-bond acceptors (Lipinski definition) is 1. The van der Waals surface area contributed by atoms with Crippen LogP contribution in [0.25, 0.3) is 0 Å². The number of rotatable bonds is 0. The first-order valence-electron chi connectivity index (χ1n) is 1.38. The van der Waals surface area contributed by atoms with Gasteiger partial charge >= 0.3 is 0 Å². The van der Waals surface area contributed by atoms with Crippen LogP contribution in [0.4, 0.5) is 0 Å². The van der Waals surface area contributed by atoms with Crippen LogP contribution in [-0.2, 0) is 25.8 Å². The van der Waals surface area contributed by atoms with E-state index in [0.29, 0.717) is 6.10 Å². The fourth-order valence-corrected chi connectivity index (χ4v) is 0.0786. The maximum atomic E-state index is 4.58. The summed E-state index contributed by atoms with van der Waals surface area (Å²) in [6.45, 7) is 3.79. The summed E-state index contributed by atoms with van der Waals surface area (Å²) in [4.78, 5) is 0. The molecular formula is C4H9OW-. The van der Waals surface area contributed by atoms with Crippen LogP contribution in [0, 0.1) is 6.61 Å². The van der Waals surface area contributed by atoms with Gasteiger partial charge in [0.05, 0.1) is 0 Å². The Balaban J connectivity index is 0. The third-order valence-electron chi connectivity index (χ3n) is 0.408. The van der Waals surface area contributed by atoms with Crippen molar-refractivity contribution in [1.29, 1.82) is 0 Å². The average molecular weight is 257 g/mol. The Hall–Kier alpha value is 0.648. The summed E-state index contributed by atoms with van der Waals surface area (Å²) in [6.07, 6.45) is 0.458. The van der Waals surface area contributed by atoms with Gasteiger partial charge in [-0.1, -0.05) is 20.5 Å². The van der Waals surface area contributed by atoms with E-state index < -0.39 is 0 Å². The van der Waals surface area contributed by atoms with Gasteiger partial charge in [-0.3, -0.25) is 0 Å². The molecule has 1 heterocycles. The van der Waals surface area contributed by atoms with Gasteiger partial charge in [0.15, 0.2) is 0 Å². The topological polar surface area (TPSA) is 12.5 Å². The third kappa shape index (κ3) is 4.65. The van der Waals surface area contributed by atoms with Gasteiger partial charge in [0.2, 0.25) is 0 Å². The molecule has 0 saturated carbocycles. The largest absolute Gasteiger partial charge is 0.570 e. The number of epoxide rings is 1. The molecule has 6 heavy (non-hydrogen) atoms. The van der Waals surface area contributed by atoms with E-state index in [1.807, 2.05) is 6.92 Å². The second kappa shape index (κ2) is 3.83. The van der Waals surface area contributed by atoms with Crippen molar-refractivity contribution in [3.05, 3.63) is 6.61 Å². The second-order valence-electron chi connectivity index (χ2n) is 0.977. The maximum absolute atomic E-state index is 4.58. The molecule has 1 aliphatic rings. The molecule has 0 aromatic rings. The minimum absolute atomic E-state index is 0. The van der Waals surface area contributed by atoms with Crippen molar-refractivity contribution in [3.63, 3.8) is 0 Å². The molecule has 1 nitrogen and oxygen atoms in total. The van der Waals surface area contributed by atoms with Crippen molar-refractivity contribution in [2.45, 2.75) is 20.5 Å². The molecule has 0 radical (unpaired) electrons. The minimum Gasteiger partial charge on any atom is -0.570 e. The first kappa shape index (κ1) is 9.82. The maximum Gasteiger partial charge on any atom is 0 e. The SMILES string of the molecule is C.CC1[CH-]O1.[W]. The molecule has 0 aliphatic carbocycles. The van der Waals surface area contributed by atoms with E-state index in [0.717, 1.165) is 0 Å². The molecule has 1 saturated heterocycles. The molecule has 0 N–H and O–H groups in total. The number of hydrogen-bond donors (Lipinski definition) is 0. The molecule has 1 atom stereocenters. The normalized spacial score (nSPS) is 26.5. The molecule has 1 rings (SSSR count). The Bertz CT molecular complexity index is 26.7. The Labute approximate surface area is 53.3 Å². The van der Waals surface area contributed by atoms with E-state index in [2.05, 4.69) is 4.74 Å². The molecule has 0 bridgehead atoms. The predicted octanol–water partition coefficient (Wildman–Crippen LogP) is 1.20. The summed E-state index contributed by atoms with van der Waals surface area (Å²) in [5, 5.41) is 0. The van der Waals surface area contributed by atoms with Crippen molar-refractivity contribution < 1.29 is 25.8 Å². The van der Waals surface area contributed by atoms with E-state index in [9.17, 15) is 0 Å². The van der Waals surface area contributed by atoms with Crippen molar-refractivity contribution >= 4 is 0 Å². The van der Waals surface area contributed by atoms with Gasteiger partial charge in [-0.25, -0.2) is 0 Å². The van der Waals surface area contributed by atoms with Crippen molar-refractivity contribution in [1.82, 2.24) is 0 Å². The van der Waals surface area contributed by atoms with Gasteiger partial charge in [0.25, 0.3) is 0 Å². The summed E-state index contributed by atoms with van der Waals surface area (Å²) in [7, 11) is 0. The van der Waals surface area contributed by atoms with Gasteiger partial charge in [-0.15, -0.1) is 0 Å². The molecule has 2 heteroatoms. The Morgan fingerprint density at radius 2 is 1.83 bits per heavy atom. The Morgan fingerprint density at radius 1 is 1.67 bits per heavy atom. The molecule has 1 fully saturated rings. The van der Waals surface area contributed by atoms with Crippen LogP contribution in [0.3, 0.4) is 0 Å². The molecule has 1 unspecified atom stereocenters. The fourth-order valence-electron chi connectivity index (χ4n) is 0.0786. The standard InChI is InChI=1S/C3H5O.CH4.W/c1-3-2-4-3;;/h2-3H,1H3;1H4;/q-1;;. The second-order valence-corrected chi connectivity index (χ2v) is 0.977. The smallest absolute Gasteiger partial charge is 0 e. The molecule has 0 amide bonds. The molecule has 0 aromatic heterocycles. The van der Waals surface area contributed by atoms with Crippen molar-refractivity contribution in [2.24, 2.45) is 0 Å². The molecular weight excluding hydrogens is 248 g/mol. The third-order valence-corrected chi connectivity index (χ3v) is 0.408. The van der Waals surface area contributed by atoms with Crippen LogP contribution in [0.5, 0.6) is 0 Å². The Morgan fingerprint density at radius 3 is 1.83 bits per heavy atom. The van der Waals surface area contributed by atoms with Crippen LogP contribution in [0.1, 0.15) is 14.4 Å². The van der Waals surface area contributed by atoms with Gasteiger partial charge in [-0.05, 0) is 0 Å². The van der Waals surface area contributed by atoms with E-state index in [4.69, 9.17) is 0 Å². The molecule has 0 spiro atoms. The average Bonchev–Trinajstić information content (AvgIpc) is 1.75. The Kier molecular flexibility index (Phi) is 6.26. The zero-order valence-corrected chi connectivity index (χ0v) is 5.90. The number of ether oxygens (including phenoxy) is 1.